The topological polar surface area (TPSA) is 36.7 Å². The summed E-state index contributed by atoms with van der Waals surface area (Å²) in [5.41, 5.74) is 1.08. The number of hydrogen-bond donors (Lipinski definition) is 0. The molecule has 2 nitrogen and oxygen atoms in total. The van der Waals surface area contributed by atoms with Crippen LogP contribution in [0.25, 0.3) is 0 Å². The van der Waals surface area contributed by atoms with E-state index in [1.165, 1.54) is 6.20 Å². The van der Waals surface area contributed by atoms with Gasteiger partial charge < -0.3 is 0 Å². The second kappa shape index (κ2) is 2.66. The van der Waals surface area contributed by atoms with Crippen LogP contribution in [-0.4, -0.2) is 4.98 Å². The Labute approximate surface area is 59.1 Å². The van der Waals surface area contributed by atoms with Crippen LogP contribution in [0.5, 0.6) is 0 Å². The SMILES string of the molecule is C#Cc1ccc(C#N)nc1. The van der Waals surface area contributed by atoms with Crippen molar-refractivity contribution in [2.75, 3.05) is 0 Å². The van der Waals surface area contributed by atoms with Gasteiger partial charge in [0.25, 0.3) is 0 Å². The minimum atomic E-state index is 0.388. The van der Waals surface area contributed by atoms with Gasteiger partial charge in [-0.3, -0.25) is 0 Å². The molecule has 0 atom stereocenters. The molecule has 0 aliphatic carbocycles. The number of nitriles is 1. The highest BCUT2D eigenvalue weighted by atomic mass is 14.7. The lowest BCUT2D eigenvalue weighted by molar-refractivity contribution is 1.25. The number of hydrogen-bond acceptors (Lipinski definition) is 2. The van der Waals surface area contributed by atoms with E-state index >= 15 is 0 Å². The molecular formula is C8H4N2. The van der Waals surface area contributed by atoms with Gasteiger partial charge in [-0.15, -0.1) is 6.42 Å². The van der Waals surface area contributed by atoms with Crippen molar-refractivity contribution in [1.29, 1.82) is 5.26 Å². The van der Waals surface area contributed by atoms with Gasteiger partial charge >= 0.3 is 0 Å². The average Bonchev–Trinajstić information content (AvgIpc) is 2.05. The molecule has 0 amide bonds. The van der Waals surface area contributed by atoms with E-state index in [4.69, 9.17) is 11.7 Å². The first-order valence-corrected chi connectivity index (χ1v) is 2.69. The molecule has 10 heavy (non-hydrogen) atoms. The van der Waals surface area contributed by atoms with Crippen molar-refractivity contribution in [2.24, 2.45) is 0 Å². The highest BCUT2D eigenvalue weighted by molar-refractivity contribution is 5.32. The van der Waals surface area contributed by atoms with Crippen molar-refractivity contribution >= 4 is 0 Å². The van der Waals surface area contributed by atoms with Crippen molar-refractivity contribution in [2.45, 2.75) is 0 Å². The van der Waals surface area contributed by atoms with Gasteiger partial charge in [-0.05, 0) is 12.1 Å². The molecule has 0 bridgehead atoms. The predicted molar refractivity (Wildman–Crippen MR) is 36.9 cm³/mol. The largest absolute Gasteiger partial charge is 0.244 e. The maximum absolute atomic E-state index is 8.34. The standard InChI is InChI=1S/C8H4N2/c1-2-7-3-4-8(5-9)10-6-7/h1,3-4,6H. The van der Waals surface area contributed by atoms with Gasteiger partial charge in [-0.1, -0.05) is 5.92 Å². The van der Waals surface area contributed by atoms with Gasteiger partial charge in [0.1, 0.15) is 11.8 Å². The highest BCUT2D eigenvalue weighted by Gasteiger charge is 1.88. The van der Waals surface area contributed by atoms with E-state index in [2.05, 4.69) is 10.9 Å². The number of aromatic nitrogens is 1. The van der Waals surface area contributed by atoms with Gasteiger partial charge in [-0.2, -0.15) is 5.26 Å². The Bertz CT molecular complexity index is 265. The maximum atomic E-state index is 8.34. The number of pyridine rings is 1. The molecule has 1 heterocycles. The molecule has 1 rings (SSSR count). The van der Waals surface area contributed by atoms with Crippen molar-refractivity contribution < 1.29 is 0 Å². The number of rotatable bonds is 0. The Morgan fingerprint density at radius 3 is 2.70 bits per heavy atom. The van der Waals surface area contributed by atoms with Crippen LogP contribution >= 0.6 is 0 Å². The maximum Gasteiger partial charge on any atom is 0.140 e. The number of terminal acetylenes is 1. The average molecular weight is 128 g/mol. The molecule has 0 aliphatic heterocycles. The summed E-state index contributed by atoms with van der Waals surface area (Å²) in [7, 11) is 0. The van der Waals surface area contributed by atoms with Crippen LogP contribution < -0.4 is 0 Å². The minimum Gasteiger partial charge on any atom is -0.244 e. The van der Waals surface area contributed by atoms with E-state index in [0.717, 1.165) is 0 Å². The molecule has 46 valence electrons. The highest BCUT2D eigenvalue weighted by Crippen LogP contribution is 1.95. The second-order valence-corrected chi connectivity index (χ2v) is 1.69. The molecule has 0 fully saturated rings. The summed E-state index contributed by atoms with van der Waals surface area (Å²) in [5, 5.41) is 8.34. The first-order chi connectivity index (χ1) is 4.86. The third-order valence-electron chi connectivity index (χ3n) is 1.04. The molecule has 0 spiro atoms. The fourth-order valence-corrected chi connectivity index (χ4v) is 0.545. The molecule has 0 N–H and O–H groups in total. The van der Waals surface area contributed by atoms with Crippen LogP contribution in [0.3, 0.4) is 0 Å². The molecule has 1 aromatic heterocycles. The van der Waals surface area contributed by atoms with Crippen LogP contribution in [0, 0.1) is 23.7 Å². The van der Waals surface area contributed by atoms with Gasteiger partial charge in [-0.25, -0.2) is 4.98 Å². The Hall–Kier alpha value is -1.80. The molecule has 0 saturated carbocycles. The first kappa shape index (κ1) is 6.32. The third kappa shape index (κ3) is 1.13. The van der Waals surface area contributed by atoms with Crippen LogP contribution in [0.1, 0.15) is 11.3 Å². The molecular weight excluding hydrogens is 124 g/mol. The fourth-order valence-electron chi connectivity index (χ4n) is 0.545. The summed E-state index contributed by atoms with van der Waals surface area (Å²) in [6.07, 6.45) is 6.57. The number of nitrogens with zero attached hydrogens (tertiary/aromatic N) is 2. The monoisotopic (exact) mass is 128 g/mol. The van der Waals surface area contributed by atoms with Crippen molar-refractivity contribution in [3.8, 4) is 18.4 Å². The summed E-state index contributed by atoms with van der Waals surface area (Å²) in [6.45, 7) is 0. The van der Waals surface area contributed by atoms with Crippen LogP contribution in [-0.2, 0) is 0 Å². The zero-order chi connectivity index (χ0) is 7.40. The zero-order valence-corrected chi connectivity index (χ0v) is 5.20. The van der Waals surface area contributed by atoms with Gasteiger partial charge in [0, 0.05) is 11.8 Å². The Morgan fingerprint density at radius 1 is 1.50 bits per heavy atom. The lowest BCUT2D eigenvalue weighted by Crippen LogP contribution is -1.81. The van der Waals surface area contributed by atoms with E-state index < -0.39 is 0 Å². The quantitative estimate of drug-likeness (QED) is 0.487. The summed E-state index contributed by atoms with van der Waals surface area (Å²) < 4.78 is 0. The molecule has 0 aromatic carbocycles. The van der Waals surface area contributed by atoms with Crippen molar-refractivity contribution in [1.82, 2.24) is 4.98 Å². The molecule has 1 aromatic rings. The van der Waals surface area contributed by atoms with Gasteiger partial charge in [0.05, 0.1) is 0 Å². The molecule has 0 saturated heterocycles. The summed E-state index contributed by atoms with van der Waals surface area (Å²) >= 11 is 0. The lowest BCUT2D eigenvalue weighted by atomic mass is 10.3. The van der Waals surface area contributed by atoms with Crippen LogP contribution in [0.4, 0.5) is 0 Å². The van der Waals surface area contributed by atoms with Gasteiger partial charge in [0.2, 0.25) is 0 Å². The Kier molecular flexibility index (Phi) is 1.68. The van der Waals surface area contributed by atoms with E-state index in [0.29, 0.717) is 11.3 Å². The lowest BCUT2D eigenvalue weighted by Gasteiger charge is -1.86. The van der Waals surface area contributed by atoms with Crippen LogP contribution in [0.2, 0.25) is 0 Å². The van der Waals surface area contributed by atoms with E-state index in [1.807, 2.05) is 6.07 Å². The van der Waals surface area contributed by atoms with Gasteiger partial charge in [0.15, 0.2) is 0 Å². The summed E-state index contributed by atoms with van der Waals surface area (Å²) in [6, 6.07) is 5.18. The smallest absolute Gasteiger partial charge is 0.140 e. The molecule has 0 aliphatic rings. The second-order valence-electron chi connectivity index (χ2n) is 1.69. The molecule has 2 heteroatoms. The minimum absolute atomic E-state index is 0.388. The van der Waals surface area contributed by atoms with Crippen molar-refractivity contribution in [3.63, 3.8) is 0 Å². The molecule has 0 unspecified atom stereocenters. The van der Waals surface area contributed by atoms with Crippen LogP contribution in [0.15, 0.2) is 18.3 Å². The summed E-state index contributed by atoms with van der Waals surface area (Å²) in [5.74, 6) is 2.41. The Balaban J connectivity index is 3.08. The van der Waals surface area contributed by atoms with E-state index in [-0.39, 0.29) is 0 Å². The van der Waals surface area contributed by atoms with E-state index in [9.17, 15) is 0 Å². The normalized spacial score (nSPS) is 7.80. The first-order valence-electron chi connectivity index (χ1n) is 2.69. The summed E-state index contributed by atoms with van der Waals surface area (Å²) in [4.78, 5) is 3.76. The Morgan fingerprint density at radius 2 is 2.30 bits per heavy atom. The third-order valence-corrected chi connectivity index (χ3v) is 1.04. The zero-order valence-electron chi connectivity index (χ0n) is 5.20. The molecule has 0 radical (unpaired) electrons. The van der Waals surface area contributed by atoms with Crippen molar-refractivity contribution in [3.05, 3.63) is 29.6 Å². The van der Waals surface area contributed by atoms with E-state index in [1.54, 1.807) is 12.1 Å². The predicted octanol–water partition coefficient (Wildman–Crippen LogP) is 0.935. The fraction of sp³-hybridized carbons (Fsp3) is 0.